The number of halogens is 3. The number of benzene rings is 2. The Kier molecular flexibility index (Phi) is 6.99. The minimum Gasteiger partial charge on any atom is -0.406 e. The maximum absolute atomic E-state index is 13.7. The van der Waals surface area contributed by atoms with E-state index in [9.17, 15) is 22.8 Å². The molecule has 1 aliphatic heterocycles. The van der Waals surface area contributed by atoms with Crippen molar-refractivity contribution in [2.24, 2.45) is 11.5 Å². The van der Waals surface area contributed by atoms with Crippen LogP contribution in [0.15, 0.2) is 71.9 Å². The van der Waals surface area contributed by atoms with Crippen LogP contribution in [-0.4, -0.2) is 28.3 Å². The van der Waals surface area contributed by atoms with Crippen LogP contribution in [0.25, 0.3) is 0 Å². The molecule has 0 saturated carbocycles. The first-order valence-corrected chi connectivity index (χ1v) is 11.4. The average Bonchev–Trinajstić information content (AvgIpc) is 3.13. The topological polar surface area (TPSA) is 124 Å². The Balaban J connectivity index is 1.79. The van der Waals surface area contributed by atoms with Crippen LogP contribution in [-0.2, 0) is 11.3 Å². The van der Waals surface area contributed by atoms with Crippen LogP contribution in [0.2, 0.25) is 0 Å². The highest BCUT2D eigenvalue weighted by atomic mass is 19.4. The molecular weight excluding hydrogens is 487 g/mol. The minimum atomic E-state index is -4.87. The number of amides is 1. The molecule has 1 amide bonds. The SMILES string of the molecule is CC(C)c1ccc(C(=O)C2=C(N)C(=O)N(c3ccc(CN)nn3)C2c2ccc(OC(F)(F)F)cc2)cc1. The first-order chi connectivity index (χ1) is 17.5. The van der Waals surface area contributed by atoms with Gasteiger partial charge in [-0.3, -0.25) is 14.5 Å². The zero-order valence-corrected chi connectivity index (χ0v) is 20.0. The van der Waals surface area contributed by atoms with E-state index in [1.54, 1.807) is 18.2 Å². The smallest absolute Gasteiger partial charge is 0.406 e. The summed E-state index contributed by atoms with van der Waals surface area (Å²) in [5.41, 5.74) is 13.6. The van der Waals surface area contributed by atoms with Gasteiger partial charge in [-0.2, -0.15) is 5.10 Å². The van der Waals surface area contributed by atoms with E-state index in [0.29, 0.717) is 16.8 Å². The molecule has 1 aliphatic rings. The third-order valence-electron chi connectivity index (χ3n) is 5.95. The molecule has 2 heterocycles. The molecule has 0 saturated heterocycles. The zero-order chi connectivity index (χ0) is 26.9. The summed E-state index contributed by atoms with van der Waals surface area (Å²) in [6.07, 6.45) is -4.87. The second-order valence-electron chi connectivity index (χ2n) is 8.71. The molecule has 11 heteroatoms. The molecule has 2 aromatic carbocycles. The second-order valence-corrected chi connectivity index (χ2v) is 8.71. The van der Waals surface area contributed by atoms with Crippen LogP contribution in [0, 0.1) is 0 Å². The average molecular weight is 512 g/mol. The maximum Gasteiger partial charge on any atom is 0.573 e. The first kappa shape index (κ1) is 25.8. The number of hydrogen-bond acceptors (Lipinski definition) is 7. The number of carbonyl (C=O) groups excluding carboxylic acids is 2. The van der Waals surface area contributed by atoms with Crippen molar-refractivity contribution in [3.8, 4) is 5.75 Å². The Labute approximate surface area is 210 Å². The molecule has 0 bridgehead atoms. The van der Waals surface area contributed by atoms with Gasteiger partial charge in [0.15, 0.2) is 11.6 Å². The van der Waals surface area contributed by atoms with E-state index in [2.05, 4.69) is 14.9 Å². The van der Waals surface area contributed by atoms with Gasteiger partial charge in [0.25, 0.3) is 5.91 Å². The second kappa shape index (κ2) is 10.0. The monoisotopic (exact) mass is 511 g/mol. The van der Waals surface area contributed by atoms with Crippen molar-refractivity contribution in [2.75, 3.05) is 4.90 Å². The van der Waals surface area contributed by atoms with Crippen molar-refractivity contribution in [1.29, 1.82) is 0 Å². The van der Waals surface area contributed by atoms with Crippen LogP contribution in [0.3, 0.4) is 0 Å². The van der Waals surface area contributed by atoms with Gasteiger partial charge in [-0.1, -0.05) is 50.2 Å². The lowest BCUT2D eigenvalue weighted by Gasteiger charge is -2.26. The molecule has 0 radical (unpaired) electrons. The Morgan fingerprint density at radius 3 is 2.19 bits per heavy atom. The van der Waals surface area contributed by atoms with Crippen LogP contribution in [0.5, 0.6) is 5.75 Å². The van der Waals surface area contributed by atoms with Crippen molar-refractivity contribution >= 4 is 17.5 Å². The highest BCUT2D eigenvalue weighted by Crippen LogP contribution is 2.41. The van der Waals surface area contributed by atoms with Crippen LogP contribution >= 0.6 is 0 Å². The Bertz CT molecular complexity index is 1340. The standard InChI is InChI=1S/C26H24F3N5O3/c1-14(2)15-3-5-17(6-4-15)24(35)21-22(31)25(36)34(20-12-9-18(13-30)32-33-20)23(21)16-7-10-19(11-8-16)37-26(27,28)29/h3-12,14,23H,13,30-31H2,1-2H3. The molecule has 8 nitrogen and oxygen atoms in total. The molecule has 0 aliphatic carbocycles. The molecule has 192 valence electrons. The highest BCUT2D eigenvalue weighted by molar-refractivity contribution is 6.21. The first-order valence-electron chi connectivity index (χ1n) is 11.4. The quantitative estimate of drug-likeness (QED) is 0.457. The normalized spacial score (nSPS) is 16.0. The number of nitrogens with zero attached hydrogens (tertiary/aromatic N) is 3. The lowest BCUT2D eigenvalue weighted by Crippen LogP contribution is -2.32. The number of hydrogen-bond donors (Lipinski definition) is 2. The lowest BCUT2D eigenvalue weighted by molar-refractivity contribution is -0.274. The van der Waals surface area contributed by atoms with E-state index >= 15 is 0 Å². The Morgan fingerprint density at radius 1 is 1.03 bits per heavy atom. The van der Waals surface area contributed by atoms with E-state index in [1.807, 2.05) is 26.0 Å². The van der Waals surface area contributed by atoms with Crippen LogP contribution in [0.1, 0.15) is 53.0 Å². The van der Waals surface area contributed by atoms with Crippen molar-refractivity contribution in [3.05, 3.63) is 94.3 Å². The van der Waals surface area contributed by atoms with Crippen molar-refractivity contribution < 1.29 is 27.5 Å². The molecular formula is C26H24F3N5O3. The van der Waals surface area contributed by atoms with Crippen molar-refractivity contribution in [1.82, 2.24) is 10.2 Å². The third-order valence-corrected chi connectivity index (χ3v) is 5.95. The fourth-order valence-corrected chi connectivity index (χ4v) is 4.05. The molecule has 3 aromatic rings. The predicted octanol–water partition coefficient (Wildman–Crippen LogP) is 4.14. The number of nitrogens with two attached hydrogens (primary N) is 2. The number of anilines is 1. The molecule has 4 rings (SSSR count). The fraction of sp³-hybridized carbons (Fsp3) is 0.231. The molecule has 0 fully saturated rings. The molecule has 0 spiro atoms. The molecule has 1 atom stereocenters. The van der Waals surface area contributed by atoms with Gasteiger partial charge in [0.2, 0.25) is 0 Å². The van der Waals surface area contributed by atoms with E-state index in [-0.39, 0.29) is 29.6 Å². The fourth-order valence-electron chi connectivity index (χ4n) is 4.05. The van der Waals surface area contributed by atoms with Crippen LogP contribution in [0.4, 0.5) is 19.0 Å². The largest absolute Gasteiger partial charge is 0.573 e. The number of carbonyl (C=O) groups is 2. The van der Waals surface area contributed by atoms with Gasteiger partial charge in [0, 0.05) is 12.1 Å². The number of ketones is 1. The van der Waals surface area contributed by atoms with Gasteiger partial charge in [-0.25, -0.2) is 0 Å². The lowest BCUT2D eigenvalue weighted by atomic mass is 9.91. The summed E-state index contributed by atoms with van der Waals surface area (Å²) in [6.45, 7) is 4.16. The maximum atomic E-state index is 13.7. The van der Waals surface area contributed by atoms with Gasteiger partial charge < -0.3 is 16.2 Å². The van der Waals surface area contributed by atoms with Gasteiger partial charge in [-0.15, -0.1) is 18.3 Å². The van der Waals surface area contributed by atoms with Gasteiger partial charge >= 0.3 is 6.36 Å². The summed E-state index contributed by atoms with van der Waals surface area (Å²) in [7, 11) is 0. The zero-order valence-electron chi connectivity index (χ0n) is 20.0. The molecule has 1 unspecified atom stereocenters. The number of ether oxygens (including phenoxy) is 1. The molecule has 1 aromatic heterocycles. The highest BCUT2D eigenvalue weighted by Gasteiger charge is 2.44. The number of aromatic nitrogens is 2. The van der Waals surface area contributed by atoms with E-state index in [1.165, 1.54) is 23.1 Å². The summed E-state index contributed by atoms with van der Waals surface area (Å²) in [5, 5.41) is 8.04. The summed E-state index contributed by atoms with van der Waals surface area (Å²) in [6, 6.07) is 13.8. The number of alkyl halides is 3. The van der Waals surface area contributed by atoms with Gasteiger partial charge in [-0.05, 0) is 41.3 Å². The third kappa shape index (κ3) is 5.31. The van der Waals surface area contributed by atoms with E-state index < -0.39 is 29.8 Å². The Hall–Kier alpha value is -4.25. The minimum absolute atomic E-state index is 0.0171. The predicted molar refractivity (Wildman–Crippen MR) is 129 cm³/mol. The molecule has 4 N–H and O–H groups in total. The summed E-state index contributed by atoms with van der Waals surface area (Å²) >= 11 is 0. The van der Waals surface area contributed by atoms with Gasteiger partial charge in [0.05, 0.1) is 17.3 Å². The molecule has 37 heavy (non-hydrogen) atoms. The van der Waals surface area contributed by atoms with Crippen LogP contribution < -0.4 is 21.1 Å². The summed E-state index contributed by atoms with van der Waals surface area (Å²) in [4.78, 5) is 28.2. The van der Waals surface area contributed by atoms with Crippen molar-refractivity contribution in [2.45, 2.75) is 38.7 Å². The number of Topliss-reactive ketones (excluding diaryl/α,β-unsaturated/α-hetero) is 1. The summed E-state index contributed by atoms with van der Waals surface area (Å²) in [5.74, 6) is -1.28. The van der Waals surface area contributed by atoms with E-state index in [0.717, 1.165) is 17.7 Å². The van der Waals surface area contributed by atoms with Gasteiger partial charge in [0.1, 0.15) is 11.4 Å². The van der Waals surface area contributed by atoms with Crippen molar-refractivity contribution in [3.63, 3.8) is 0 Å². The Morgan fingerprint density at radius 2 is 1.68 bits per heavy atom. The summed E-state index contributed by atoms with van der Waals surface area (Å²) < 4.78 is 41.9. The number of rotatable bonds is 7. The van der Waals surface area contributed by atoms with E-state index in [4.69, 9.17) is 11.5 Å².